The van der Waals surface area contributed by atoms with E-state index in [4.69, 9.17) is 10.00 Å². The summed E-state index contributed by atoms with van der Waals surface area (Å²) in [6.07, 6.45) is 1.84. The summed E-state index contributed by atoms with van der Waals surface area (Å²) in [4.78, 5) is 27.2. The van der Waals surface area contributed by atoms with Crippen LogP contribution >= 0.6 is 0 Å². The highest BCUT2D eigenvalue weighted by Gasteiger charge is 2.27. The standard InChI is InChI=1S/C14H23N3O3/c1-3-20-14(19)12-5-9-17(10-6-12)11-13(18)16(2)8-4-7-15/h12H,3-6,8-11H2,1-2H3. The molecule has 0 spiro atoms. The van der Waals surface area contributed by atoms with Gasteiger partial charge in [0.25, 0.3) is 0 Å². The molecule has 1 saturated heterocycles. The Kier molecular flexibility index (Phi) is 7.02. The Morgan fingerprint density at radius 3 is 2.60 bits per heavy atom. The van der Waals surface area contributed by atoms with Crippen molar-refractivity contribution in [3.05, 3.63) is 0 Å². The zero-order chi connectivity index (χ0) is 15.0. The summed E-state index contributed by atoms with van der Waals surface area (Å²) in [5.74, 6) is -0.128. The minimum Gasteiger partial charge on any atom is -0.466 e. The van der Waals surface area contributed by atoms with E-state index in [-0.39, 0.29) is 17.8 Å². The van der Waals surface area contributed by atoms with Crippen molar-refractivity contribution in [2.45, 2.75) is 26.2 Å². The van der Waals surface area contributed by atoms with Crippen LogP contribution < -0.4 is 0 Å². The predicted molar refractivity (Wildman–Crippen MR) is 73.7 cm³/mol. The SMILES string of the molecule is CCOC(=O)C1CCN(CC(=O)N(C)CCC#N)CC1. The molecule has 1 aliphatic rings. The van der Waals surface area contributed by atoms with Gasteiger partial charge in [-0.25, -0.2) is 0 Å². The molecule has 0 aromatic heterocycles. The van der Waals surface area contributed by atoms with Crippen LogP contribution in [0.3, 0.4) is 0 Å². The molecule has 0 atom stereocenters. The van der Waals surface area contributed by atoms with Crippen LogP contribution in [0.4, 0.5) is 0 Å². The van der Waals surface area contributed by atoms with Crippen LogP contribution in [0.15, 0.2) is 0 Å². The Labute approximate surface area is 120 Å². The van der Waals surface area contributed by atoms with Crippen molar-refractivity contribution >= 4 is 11.9 Å². The molecule has 1 rings (SSSR count). The second-order valence-corrected chi connectivity index (χ2v) is 5.03. The topological polar surface area (TPSA) is 73.6 Å². The Morgan fingerprint density at radius 2 is 2.05 bits per heavy atom. The molecule has 20 heavy (non-hydrogen) atoms. The molecule has 1 amide bonds. The van der Waals surface area contributed by atoms with Gasteiger partial charge in [-0.1, -0.05) is 0 Å². The lowest BCUT2D eigenvalue weighted by Gasteiger charge is -2.31. The fraction of sp³-hybridized carbons (Fsp3) is 0.786. The first kappa shape index (κ1) is 16.4. The van der Waals surface area contributed by atoms with Gasteiger partial charge in [0, 0.05) is 13.6 Å². The molecule has 1 aliphatic heterocycles. The fourth-order valence-corrected chi connectivity index (χ4v) is 2.24. The van der Waals surface area contributed by atoms with Crippen molar-refractivity contribution in [2.24, 2.45) is 5.92 Å². The Morgan fingerprint density at radius 1 is 1.40 bits per heavy atom. The van der Waals surface area contributed by atoms with Gasteiger partial charge >= 0.3 is 5.97 Å². The van der Waals surface area contributed by atoms with Crippen molar-refractivity contribution in [1.29, 1.82) is 5.26 Å². The summed E-state index contributed by atoms with van der Waals surface area (Å²) >= 11 is 0. The zero-order valence-electron chi connectivity index (χ0n) is 12.3. The maximum absolute atomic E-state index is 11.9. The Hall–Kier alpha value is -1.61. The average Bonchev–Trinajstić information content (AvgIpc) is 2.45. The van der Waals surface area contributed by atoms with Gasteiger partial charge in [0.1, 0.15) is 0 Å². The molecule has 6 heteroatoms. The third-order valence-electron chi connectivity index (χ3n) is 3.55. The molecular formula is C14H23N3O3. The monoisotopic (exact) mass is 281 g/mol. The first-order valence-electron chi connectivity index (χ1n) is 7.08. The van der Waals surface area contributed by atoms with Crippen LogP contribution in [0.5, 0.6) is 0 Å². The van der Waals surface area contributed by atoms with E-state index in [9.17, 15) is 9.59 Å². The van der Waals surface area contributed by atoms with E-state index >= 15 is 0 Å². The van der Waals surface area contributed by atoms with Gasteiger partial charge in [-0.15, -0.1) is 0 Å². The normalized spacial score (nSPS) is 16.4. The molecule has 1 fully saturated rings. The number of likely N-dealkylation sites (tertiary alicyclic amines) is 1. The third-order valence-corrected chi connectivity index (χ3v) is 3.55. The van der Waals surface area contributed by atoms with Crippen molar-refractivity contribution in [1.82, 2.24) is 9.80 Å². The lowest BCUT2D eigenvalue weighted by atomic mass is 9.97. The number of hydrogen-bond acceptors (Lipinski definition) is 5. The molecule has 0 aliphatic carbocycles. The van der Waals surface area contributed by atoms with Crippen LogP contribution in [0, 0.1) is 17.2 Å². The van der Waals surface area contributed by atoms with Crippen molar-refractivity contribution in [3.8, 4) is 6.07 Å². The summed E-state index contributed by atoms with van der Waals surface area (Å²) < 4.78 is 5.02. The number of nitrogens with zero attached hydrogens (tertiary/aromatic N) is 3. The number of carbonyl (C=O) groups is 2. The number of likely N-dealkylation sites (N-methyl/N-ethyl adjacent to an activating group) is 1. The molecule has 0 saturated carbocycles. The molecular weight excluding hydrogens is 258 g/mol. The molecule has 0 bridgehead atoms. The van der Waals surface area contributed by atoms with E-state index in [0.717, 1.165) is 25.9 Å². The molecule has 0 aromatic carbocycles. The van der Waals surface area contributed by atoms with E-state index in [1.54, 1.807) is 11.9 Å². The molecule has 0 unspecified atom stereocenters. The second-order valence-electron chi connectivity index (χ2n) is 5.03. The smallest absolute Gasteiger partial charge is 0.309 e. The van der Waals surface area contributed by atoms with Crippen LogP contribution in [0.1, 0.15) is 26.2 Å². The molecule has 6 nitrogen and oxygen atoms in total. The number of rotatable bonds is 6. The minimum atomic E-state index is -0.121. The van der Waals surface area contributed by atoms with Gasteiger partial charge in [-0.2, -0.15) is 5.26 Å². The van der Waals surface area contributed by atoms with Crippen molar-refractivity contribution < 1.29 is 14.3 Å². The van der Waals surface area contributed by atoms with E-state index in [1.165, 1.54) is 0 Å². The number of amides is 1. The predicted octanol–water partition coefficient (Wildman–Crippen LogP) is 0.634. The molecule has 1 heterocycles. The van der Waals surface area contributed by atoms with E-state index in [0.29, 0.717) is 26.1 Å². The highest BCUT2D eigenvalue weighted by Crippen LogP contribution is 2.18. The number of nitriles is 1. The number of esters is 1. The van der Waals surface area contributed by atoms with Crippen molar-refractivity contribution in [3.63, 3.8) is 0 Å². The van der Waals surface area contributed by atoms with E-state index in [1.807, 2.05) is 13.0 Å². The highest BCUT2D eigenvalue weighted by molar-refractivity contribution is 5.78. The first-order chi connectivity index (χ1) is 9.58. The summed E-state index contributed by atoms with van der Waals surface area (Å²) in [6.45, 7) is 4.53. The van der Waals surface area contributed by atoms with Gasteiger partial charge < -0.3 is 9.64 Å². The number of hydrogen-bond donors (Lipinski definition) is 0. The average molecular weight is 281 g/mol. The highest BCUT2D eigenvalue weighted by atomic mass is 16.5. The van der Waals surface area contributed by atoms with E-state index < -0.39 is 0 Å². The largest absolute Gasteiger partial charge is 0.466 e. The van der Waals surface area contributed by atoms with Gasteiger partial charge in [0.05, 0.1) is 31.6 Å². The number of ether oxygens (including phenoxy) is 1. The number of piperidine rings is 1. The minimum absolute atomic E-state index is 0.0230. The van der Waals surface area contributed by atoms with Crippen LogP contribution in [-0.4, -0.2) is 61.5 Å². The lowest BCUT2D eigenvalue weighted by Crippen LogP contribution is -2.43. The van der Waals surface area contributed by atoms with E-state index in [2.05, 4.69) is 4.90 Å². The summed E-state index contributed by atoms with van der Waals surface area (Å²) in [5, 5.41) is 8.50. The molecule has 0 radical (unpaired) electrons. The third kappa shape index (κ3) is 5.17. The molecule has 112 valence electrons. The summed E-state index contributed by atoms with van der Waals surface area (Å²) in [6, 6.07) is 2.03. The fourth-order valence-electron chi connectivity index (χ4n) is 2.24. The first-order valence-corrected chi connectivity index (χ1v) is 7.08. The Bertz CT molecular complexity index is 370. The maximum Gasteiger partial charge on any atom is 0.309 e. The Balaban J connectivity index is 2.30. The molecule has 0 N–H and O–H groups in total. The summed E-state index contributed by atoms with van der Waals surface area (Å²) in [5.41, 5.74) is 0. The van der Waals surface area contributed by atoms with Crippen LogP contribution in [0.2, 0.25) is 0 Å². The van der Waals surface area contributed by atoms with Gasteiger partial charge in [0.15, 0.2) is 0 Å². The van der Waals surface area contributed by atoms with Crippen LogP contribution in [-0.2, 0) is 14.3 Å². The van der Waals surface area contributed by atoms with Crippen LogP contribution in [0.25, 0.3) is 0 Å². The van der Waals surface area contributed by atoms with Gasteiger partial charge in [0.2, 0.25) is 5.91 Å². The van der Waals surface area contributed by atoms with Gasteiger partial charge in [-0.05, 0) is 32.9 Å². The van der Waals surface area contributed by atoms with Crippen molar-refractivity contribution in [2.75, 3.05) is 39.8 Å². The zero-order valence-corrected chi connectivity index (χ0v) is 12.3. The molecule has 0 aromatic rings. The second kappa shape index (κ2) is 8.54. The quantitative estimate of drug-likeness (QED) is 0.668. The number of carbonyl (C=O) groups excluding carboxylic acids is 2. The lowest BCUT2D eigenvalue weighted by molar-refractivity contribution is -0.149. The van der Waals surface area contributed by atoms with Gasteiger partial charge in [-0.3, -0.25) is 14.5 Å². The summed E-state index contributed by atoms with van der Waals surface area (Å²) in [7, 11) is 1.71. The maximum atomic E-state index is 11.9.